The van der Waals surface area contributed by atoms with Gasteiger partial charge in [0.05, 0.1) is 10.4 Å². The van der Waals surface area contributed by atoms with Gasteiger partial charge in [0.2, 0.25) is 0 Å². The van der Waals surface area contributed by atoms with Crippen molar-refractivity contribution in [1.29, 1.82) is 5.26 Å². The zero-order valence-corrected chi connectivity index (χ0v) is 15.1. The SMILES string of the molecule is CC(C)(C)OC(=O)NCc1ccc(Nc2ncc(SC#N)s2)nc1. The van der Waals surface area contributed by atoms with Gasteiger partial charge in [0, 0.05) is 24.5 Å². The maximum absolute atomic E-state index is 11.6. The van der Waals surface area contributed by atoms with E-state index in [1.165, 1.54) is 11.3 Å². The number of thioether (sulfide) groups is 1. The van der Waals surface area contributed by atoms with Gasteiger partial charge in [-0.1, -0.05) is 17.4 Å². The maximum Gasteiger partial charge on any atom is 0.407 e. The number of amides is 1. The molecule has 0 saturated heterocycles. The normalized spacial score (nSPS) is 10.8. The van der Waals surface area contributed by atoms with Crippen LogP contribution in [0.25, 0.3) is 0 Å². The van der Waals surface area contributed by atoms with Gasteiger partial charge in [0.25, 0.3) is 0 Å². The van der Waals surface area contributed by atoms with Gasteiger partial charge in [-0.25, -0.2) is 14.8 Å². The molecule has 0 radical (unpaired) electrons. The molecule has 0 saturated carbocycles. The predicted molar refractivity (Wildman–Crippen MR) is 94.2 cm³/mol. The number of nitrogens with one attached hydrogen (secondary N) is 2. The number of hydrogen-bond acceptors (Lipinski definition) is 8. The zero-order chi connectivity index (χ0) is 17.6. The molecule has 126 valence electrons. The summed E-state index contributed by atoms with van der Waals surface area (Å²) in [6.07, 6.45) is 2.84. The summed E-state index contributed by atoms with van der Waals surface area (Å²) in [5.74, 6) is 0.638. The van der Waals surface area contributed by atoms with Gasteiger partial charge in [-0.15, -0.1) is 0 Å². The molecular formula is C15H17N5O2S2. The summed E-state index contributed by atoms with van der Waals surface area (Å²) in [6.45, 7) is 5.78. The van der Waals surface area contributed by atoms with Crippen molar-refractivity contribution in [3.05, 3.63) is 30.1 Å². The molecule has 0 atom stereocenters. The van der Waals surface area contributed by atoms with Crippen LogP contribution in [0, 0.1) is 10.7 Å². The summed E-state index contributed by atoms with van der Waals surface area (Å²) < 4.78 is 5.99. The van der Waals surface area contributed by atoms with Crippen molar-refractivity contribution in [1.82, 2.24) is 15.3 Å². The molecule has 0 bridgehead atoms. The van der Waals surface area contributed by atoms with Crippen LogP contribution in [0.2, 0.25) is 0 Å². The Bertz CT molecular complexity index is 732. The van der Waals surface area contributed by atoms with E-state index in [0.717, 1.165) is 21.5 Å². The van der Waals surface area contributed by atoms with E-state index >= 15 is 0 Å². The number of nitriles is 1. The van der Waals surface area contributed by atoms with Gasteiger partial charge in [-0.3, -0.25) is 0 Å². The van der Waals surface area contributed by atoms with Crippen molar-refractivity contribution in [3.8, 4) is 5.40 Å². The van der Waals surface area contributed by atoms with Crippen molar-refractivity contribution in [2.45, 2.75) is 37.1 Å². The smallest absolute Gasteiger partial charge is 0.407 e. The van der Waals surface area contributed by atoms with Gasteiger partial charge < -0.3 is 15.4 Å². The van der Waals surface area contributed by atoms with E-state index in [9.17, 15) is 4.79 Å². The van der Waals surface area contributed by atoms with Crippen molar-refractivity contribution in [3.63, 3.8) is 0 Å². The van der Waals surface area contributed by atoms with E-state index in [-0.39, 0.29) is 0 Å². The summed E-state index contributed by atoms with van der Waals surface area (Å²) in [7, 11) is 0. The van der Waals surface area contributed by atoms with E-state index in [1.807, 2.05) is 32.2 Å². The minimum atomic E-state index is -0.521. The number of pyridine rings is 1. The molecule has 24 heavy (non-hydrogen) atoms. The van der Waals surface area contributed by atoms with Crippen molar-refractivity contribution < 1.29 is 9.53 Å². The third-order valence-corrected chi connectivity index (χ3v) is 4.13. The van der Waals surface area contributed by atoms with Crippen LogP contribution >= 0.6 is 23.1 Å². The molecule has 0 unspecified atom stereocenters. The molecule has 9 heteroatoms. The Labute approximate surface area is 148 Å². The van der Waals surface area contributed by atoms with Crippen molar-refractivity contribution >= 4 is 40.1 Å². The largest absolute Gasteiger partial charge is 0.444 e. The third kappa shape index (κ3) is 6.06. The van der Waals surface area contributed by atoms with Gasteiger partial charge >= 0.3 is 6.09 Å². The highest BCUT2D eigenvalue weighted by molar-refractivity contribution is 8.05. The summed E-state index contributed by atoms with van der Waals surface area (Å²) in [5.41, 5.74) is 0.332. The molecule has 2 aromatic rings. The standard InChI is InChI=1S/C15H17N5O2S2/c1-15(2,3)22-14(21)19-7-10-4-5-11(17-6-10)20-13-18-8-12(24-13)23-9-16/h4-6,8H,7H2,1-3H3,(H,19,21)(H,17,18,20). The number of alkyl carbamates (subject to hydrolysis) is 1. The molecule has 0 fully saturated rings. The van der Waals surface area contributed by atoms with Crippen LogP contribution in [0.4, 0.5) is 15.7 Å². The van der Waals surface area contributed by atoms with Crippen LogP contribution in [0.15, 0.2) is 28.7 Å². The van der Waals surface area contributed by atoms with Crippen LogP contribution in [-0.4, -0.2) is 21.7 Å². The molecule has 0 aliphatic heterocycles. The fraction of sp³-hybridized carbons (Fsp3) is 0.333. The van der Waals surface area contributed by atoms with Crippen LogP contribution in [0.3, 0.4) is 0 Å². The number of aromatic nitrogens is 2. The third-order valence-electron chi connectivity index (χ3n) is 2.53. The predicted octanol–water partition coefficient (Wildman–Crippen LogP) is 3.88. The number of carbonyl (C=O) groups excluding carboxylic acids is 1. The van der Waals surface area contributed by atoms with Gasteiger partial charge in [-0.05, 0) is 32.4 Å². The van der Waals surface area contributed by atoms with Crippen LogP contribution in [0.5, 0.6) is 0 Å². The minimum Gasteiger partial charge on any atom is -0.444 e. The van der Waals surface area contributed by atoms with Crippen LogP contribution in [-0.2, 0) is 11.3 Å². The average Bonchev–Trinajstić information content (AvgIpc) is 2.92. The first-order valence-corrected chi connectivity index (χ1v) is 8.69. The van der Waals surface area contributed by atoms with E-state index in [4.69, 9.17) is 10.00 Å². The van der Waals surface area contributed by atoms with Crippen LogP contribution in [0.1, 0.15) is 26.3 Å². The Morgan fingerprint density at radius 3 is 2.79 bits per heavy atom. The first-order chi connectivity index (χ1) is 11.4. The van der Waals surface area contributed by atoms with Crippen molar-refractivity contribution in [2.75, 3.05) is 5.32 Å². The van der Waals surface area contributed by atoms with E-state index < -0.39 is 11.7 Å². The summed E-state index contributed by atoms with van der Waals surface area (Å²) >= 11 is 2.45. The Balaban J connectivity index is 1.86. The number of anilines is 2. The summed E-state index contributed by atoms with van der Waals surface area (Å²) in [4.78, 5) is 20.0. The molecule has 7 nitrogen and oxygen atoms in total. The lowest BCUT2D eigenvalue weighted by Crippen LogP contribution is -2.32. The van der Waals surface area contributed by atoms with E-state index in [2.05, 4.69) is 20.6 Å². The molecule has 0 aliphatic rings. The lowest BCUT2D eigenvalue weighted by molar-refractivity contribution is 0.0523. The highest BCUT2D eigenvalue weighted by atomic mass is 32.2. The molecule has 2 heterocycles. The van der Waals surface area contributed by atoms with Gasteiger partial charge in [-0.2, -0.15) is 5.26 Å². The summed E-state index contributed by atoms with van der Waals surface area (Å²) in [5, 5.41) is 17.0. The number of ether oxygens (including phenoxy) is 1. The zero-order valence-electron chi connectivity index (χ0n) is 13.5. The molecule has 2 N–H and O–H groups in total. The minimum absolute atomic E-state index is 0.336. The van der Waals surface area contributed by atoms with Crippen molar-refractivity contribution in [2.24, 2.45) is 0 Å². The lowest BCUT2D eigenvalue weighted by atomic mass is 10.2. The fourth-order valence-electron chi connectivity index (χ4n) is 1.61. The Morgan fingerprint density at radius 2 is 2.17 bits per heavy atom. The molecule has 0 aromatic carbocycles. The average molecular weight is 363 g/mol. The van der Waals surface area contributed by atoms with Gasteiger partial charge in [0.1, 0.15) is 16.8 Å². The first-order valence-electron chi connectivity index (χ1n) is 7.06. The Morgan fingerprint density at radius 1 is 1.38 bits per heavy atom. The summed E-state index contributed by atoms with van der Waals surface area (Å²) in [6, 6.07) is 3.65. The van der Waals surface area contributed by atoms with E-state index in [0.29, 0.717) is 17.5 Å². The quantitative estimate of drug-likeness (QED) is 0.614. The maximum atomic E-state index is 11.6. The highest BCUT2D eigenvalue weighted by Crippen LogP contribution is 2.28. The molecule has 0 spiro atoms. The number of thiocyanates is 1. The molecule has 2 aromatic heterocycles. The first kappa shape index (κ1) is 18.0. The molecule has 0 aliphatic carbocycles. The highest BCUT2D eigenvalue weighted by Gasteiger charge is 2.15. The van der Waals surface area contributed by atoms with Gasteiger partial charge in [0.15, 0.2) is 5.13 Å². The van der Waals surface area contributed by atoms with E-state index in [1.54, 1.807) is 18.5 Å². The second kappa shape index (κ2) is 7.99. The Kier molecular flexibility index (Phi) is 6.00. The number of rotatable bonds is 5. The second-order valence-electron chi connectivity index (χ2n) is 5.71. The molecule has 2 rings (SSSR count). The van der Waals surface area contributed by atoms with Crippen LogP contribution < -0.4 is 10.6 Å². The number of thiazole rings is 1. The number of hydrogen-bond donors (Lipinski definition) is 2. The fourth-order valence-corrected chi connectivity index (χ4v) is 2.88. The molecule has 1 amide bonds. The second-order valence-corrected chi connectivity index (χ2v) is 7.83. The lowest BCUT2D eigenvalue weighted by Gasteiger charge is -2.19. The number of carbonyl (C=O) groups is 1. The molecular weight excluding hydrogens is 346 g/mol. The number of nitrogens with zero attached hydrogens (tertiary/aromatic N) is 3. The monoisotopic (exact) mass is 363 g/mol. The Hall–Kier alpha value is -2.31. The topological polar surface area (TPSA) is 99.9 Å².